The van der Waals surface area contributed by atoms with Crippen molar-refractivity contribution >= 4 is 10.9 Å². The predicted molar refractivity (Wildman–Crippen MR) is 137 cm³/mol. The van der Waals surface area contributed by atoms with Crippen molar-refractivity contribution in [1.29, 1.82) is 0 Å². The number of rotatable bonds is 8. The molecule has 5 nitrogen and oxygen atoms in total. The number of hydrogen-bond acceptors (Lipinski definition) is 4. The van der Waals surface area contributed by atoms with Crippen molar-refractivity contribution in [3.8, 4) is 28.5 Å². The number of ether oxygens (including phenoxy) is 1. The fraction of sp³-hybridized carbons (Fsp3) is 0.310. The lowest BCUT2D eigenvalue weighted by Gasteiger charge is -2.38. The highest BCUT2D eigenvalue weighted by Crippen LogP contribution is 2.36. The number of fused-ring (bicyclic) bond motifs is 1. The number of aromatic hydroxyl groups is 2. The Morgan fingerprint density at radius 3 is 2.32 bits per heavy atom. The molecular weight excluding hydrogens is 424 g/mol. The maximum Gasteiger partial charge on any atom is 0.119 e. The molecule has 0 aliphatic carbocycles. The maximum atomic E-state index is 10.1. The maximum absolute atomic E-state index is 10.1. The normalized spacial score (nSPS) is 14.4. The first kappa shape index (κ1) is 22.4. The second-order valence-electron chi connectivity index (χ2n) is 9.33. The van der Waals surface area contributed by atoms with Crippen molar-refractivity contribution in [3.63, 3.8) is 0 Å². The zero-order chi connectivity index (χ0) is 23.7. The molecule has 0 saturated carbocycles. The zero-order valence-electron chi connectivity index (χ0n) is 19.9. The van der Waals surface area contributed by atoms with Gasteiger partial charge in [0.05, 0.1) is 5.69 Å². The summed E-state index contributed by atoms with van der Waals surface area (Å²) in [5, 5.41) is 20.9. The highest BCUT2D eigenvalue weighted by atomic mass is 16.5. The van der Waals surface area contributed by atoms with Crippen LogP contribution in [0.1, 0.15) is 24.5 Å². The molecule has 176 valence electrons. The van der Waals surface area contributed by atoms with Crippen LogP contribution in [0.4, 0.5) is 0 Å². The van der Waals surface area contributed by atoms with E-state index in [0.717, 1.165) is 45.9 Å². The molecule has 0 unspecified atom stereocenters. The molecule has 4 aromatic rings. The summed E-state index contributed by atoms with van der Waals surface area (Å²) < 4.78 is 8.26. The monoisotopic (exact) mass is 456 g/mol. The molecule has 5 rings (SSSR count). The van der Waals surface area contributed by atoms with Gasteiger partial charge in [-0.25, -0.2) is 0 Å². The van der Waals surface area contributed by atoms with Crippen molar-refractivity contribution in [2.45, 2.75) is 26.8 Å². The molecular formula is C29H32N2O3. The van der Waals surface area contributed by atoms with Gasteiger partial charge in [-0.2, -0.15) is 0 Å². The number of phenols is 2. The van der Waals surface area contributed by atoms with Crippen LogP contribution in [0.5, 0.6) is 17.2 Å². The topological polar surface area (TPSA) is 57.9 Å². The van der Waals surface area contributed by atoms with Gasteiger partial charge in [-0.1, -0.05) is 25.5 Å². The number of benzene rings is 3. The standard InChI is InChI=1S/C29H32N2O3/c1-3-21-17-30(18-21)14-15-34-26-11-4-22(5-12-26)19-31-28-13-10-25(33)16-27(28)20(2)29(31)23-6-8-24(32)9-7-23/h4-13,16,21,32-33H,3,14-15,17-19H2,1-2H3. The first-order chi connectivity index (χ1) is 16.5. The van der Waals surface area contributed by atoms with E-state index in [4.69, 9.17) is 4.74 Å². The summed E-state index contributed by atoms with van der Waals surface area (Å²) in [5.41, 5.74) is 5.46. The zero-order valence-corrected chi connectivity index (χ0v) is 19.9. The van der Waals surface area contributed by atoms with E-state index < -0.39 is 0 Å². The van der Waals surface area contributed by atoms with Gasteiger partial charge in [0.2, 0.25) is 0 Å². The molecule has 34 heavy (non-hydrogen) atoms. The quantitative estimate of drug-likeness (QED) is 0.352. The van der Waals surface area contributed by atoms with Crippen molar-refractivity contribution in [2.24, 2.45) is 5.92 Å². The van der Waals surface area contributed by atoms with E-state index in [1.54, 1.807) is 18.2 Å². The predicted octanol–water partition coefficient (Wildman–Crippen LogP) is 5.80. The molecule has 2 N–H and O–H groups in total. The lowest BCUT2D eigenvalue weighted by molar-refractivity contribution is 0.0806. The Labute approximate surface area is 200 Å². The second kappa shape index (κ2) is 9.43. The Kier molecular flexibility index (Phi) is 6.20. The van der Waals surface area contributed by atoms with Crippen LogP contribution in [0.2, 0.25) is 0 Å². The Hall–Kier alpha value is -3.44. The molecule has 0 amide bonds. The van der Waals surface area contributed by atoms with Gasteiger partial charge in [-0.05, 0) is 84.1 Å². The lowest BCUT2D eigenvalue weighted by atomic mass is 9.98. The Morgan fingerprint density at radius 2 is 1.62 bits per heavy atom. The molecule has 3 aromatic carbocycles. The average Bonchev–Trinajstić information content (AvgIpc) is 3.07. The van der Waals surface area contributed by atoms with Crippen LogP contribution >= 0.6 is 0 Å². The highest BCUT2D eigenvalue weighted by molar-refractivity contribution is 5.92. The van der Waals surface area contributed by atoms with Gasteiger partial charge in [0, 0.05) is 37.1 Å². The van der Waals surface area contributed by atoms with Gasteiger partial charge in [-0.15, -0.1) is 0 Å². The smallest absolute Gasteiger partial charge is 0.119 e. The summed E-state index contributed by atoms with van der Waals surface area (Å²) >= 11 is 0. The van der Waals surface area contributed by atoms with E-state index in [2.05, 4.69) is 35.4 Å². The van der Waals surface area contributed by atoms with E-state index in [-0.39, 0.29) is 11.5 Å². The number of aromatic nitrogens is 1. The Balaban J connectivity index is 1.36. The molecule has 0 radical (unpaired) electrons. The molecule has 0 spiro atoms. The molecule has 0 atom stereocenters. The number of nitrogens with zero attached hydrogens (tertiary/aromatic N) is 2. The third-order valence-electron chi connectivity index (χ3n) is 6.99. The summed E-state index contributed by atoms with van der Waals surface area (Å²) in [6, 6.07) is 21.1. The van der Waals surface area contributed by atoms with E-state index in [0.29, 0.717) is 13.2 Å². The number of hydrogen-bond donors (Lipinski definition) is 2. The largest absolute Gasteiger partial charge is 0.508 e. The van der Waals surface area contributed by atoms with Crippen LogP contribution in [0, 0.1) is 12.8 Å². The summed E-state index contributed by atoms with van der Waals surface area (Å²) in [5.74, 6) is 2.27. The van der Waals surface area contributed by atoms with Gasteiger partial charge < -0.3 is 19.5 Å². The minimum absolute atomic E-state index is 0.247. The van der Waals surface area contributed by atoms with Gasteiger partial charge in [0.1, 0.15) is 23.9 Å². The third kappa shape index (κ3) is 4.48. The molecule has 1 aliphatic heterocycles. The second-order valence-corrected chi connectivity index (χ2v) is 9.33. The van der Waals surface area contributed by atoms with Crippen LogP contribution in [0.3, 0.4) is 0 Å². The minimum atomic E-state index is 0.247. The first-order valence-electron chi connectivity index (χ1n) is 12.1. The van der Waals surface area contributed by atoms with Gasteiger partial charge in [0.25, 0.3) is 0 Å². The molecule has 5 heteroatoms. The van der Waals surface area contributed by atoms with E-state index in [1.165, 1.54) is 25.1 Å². The summed E-state index contributed by atoms with van der Waals surface area (Å²) in [6.45, 7) is 9.13. The van der Waals surface area contributed by atoms with E-state index in [1.807, 2.05) is 36.4 Å². The SMILES string of the molecule is CCC1CN(CCOc2ccc(Cn3c(-c4ccc(O)cc4)c(C)c4cc(O)ccc43)cc2)C1. The van der Waals surface area contributed by atoms with E-state index >= 15 is 0 Å². The number of likely N-dealkylation sites (tertiary alicyclic amines) is 1. The number of phenolic OH excluding ortho intramolecular Hbond substituents is 2. The van der Waals surface area contributed by atoms with Gasteiger partial charge >= 0.3 is 0 Å². The van der Waals surface area contributed by atoms with E-state index in [9.17, 15) is 10.2 Å². The van der Waals surface area contributed by atoms with Gasteiger partial charge in [-0.3, -0.25) is 4.90 Å². The molecule has 1 aliphatic rings. The van der Waals surface area contributed by atoms with Crippen LogP contribution in [0.25, 0.3) is 22.2 Å². The van der Waals surface area contributed by atoms with Crippen LogP contribution in [0.15, 0.2) is 66.7 Å². The van der Waals surface area contributed by atoms with Crippen LogP contribution in [-0.4, -0.2) is 45.9 Å². The molecule has 1 fully saturated rings. The van der Waals surface area contributed by atoms with Crippen LogP contribution < -0.4 is 4.74 Å². The highest BCUT2D eigenvalue weighted by Gasteiger charge is 2.24. The third-order valence-corrected chi connectivity index (χ3v) is 6.99. The summed E-state index contributed by atoms with van der Waals surface area (Å²) in [4.78, 5) is 2.45. The van der Waals surface area contributed by atoms with Crippen LogP contribution in [-0.2, 0) is 6.54 Å². The van der Waals surface area contributed by atoms with Crippen molar-refractivity contribution < 1.29 is 14.9 Å². The van der Waals surface area contributed by atoms with Gasteiger partial charge in [0.15, 0.2) is 0 Å². The fourth-order valence-corrected chi connectivity index (χ4v) is 4.95. The number of aryl methyl sites for hydroxylation is 1. The molecule has 0 bridgehead atoms. The minimum Gasteiger partial charge on any atom is -0.508 e. The van der Waals surface area contributed by atoms with Crippen molar-refractivity contribution in [3.05, 3.63) is 77.9 Å². The fourth-order valence-electron chi connectivity index (χ4n) is 4.95. The molecule has 1 saturated heterocycles. The Bertz CT molecular complexity index is 1270. The summed E-state index contributed by atoms with van der Waals surface area (Å²) in [6.07, 6.45) is 1.27. The summed E-state index contributed by atoms with van der Waals surface area (Å²) in [7, 11) is 0. The Morgan fingerprint density at radius 1 is 0.912 bits per heavy atom. The van der Waals surface area contributed by atoms with Crippen molar-refractivity contribution in [1.82, 2.24) is 9.47 Å². The molecule has 1 aromatic heterocycles. The lowest BCUT2D eigenvalue weighted by Crippen LogP contribution is -2.47. The first-order valence-corrected chi connectivity index (χ1v) is 12.1. The molecule has 2 heterocycles. The van der Waals surface area contributed by atoms with Crippen molar-refractivity contribution in [2.75, 3.05) is 26.2 Å². The average molecular weight is 457 g/mol.